The minimum atomic E-state index is -0.926. The molecule has 0 aliphatic carbocycles. The predicted molar refractivity (Wildman–Crippen MR) is 71.1 cm³/mol. The van der Waals surface area contributed by atoms with Crippen LogP contribution in [0.15, 0.2) is 36.4 Å². The van der Waals surface area contributed by atoms with E-state index in [1.807, 2.05) is 19.1 Å². The van der Waals surface area contributed by atoms with E-state index < -0.39 is 23.2 Å². The van der Waals surface area contributed by atoms with Gasteiger partial charge >= 0.3 is 5.97 Å². The zero-order valence-electron chi connectivity index (χ0n) is 10.8. The standard InChI is InChI=1S/C15H13F2NO2/c1-9-4-2-3-5-10(9)8-20-15(19)11-6-13(17)14(18)7-12(11)16/h2-7H,8,18H2,1H3. The van der Waals surface area contributed by atoms with Crippen molar-refractivity contribution in [3.05, 3.63) is 64.7 Å². The van der Waals surface area contributed by atoms with E-state index in [0.29, 0.717) is 0 Å². The highest BCUT2D eigenvalue weighted by Crippen LogP contribution is 2.18. The van der Waals surface area contributed by atoms with Gasteiger partial charge in [0.15, 0.2) is 0 Å². The second kappa shape index (κ2) is 5.69. The Morgan fingerprint density at radius 1 is 1.20 bits per heavy atom. The molecule has 0 unspecified atom stereocenters. The summed E-state index contributed by atoms with van der Waals surface area (Å²) in [6, 6.07) is 8.83. The summed E-state index contributed by atoms with van der Waals surface area (Å²) in [5.74, 6) is -2.68. The lowest BCUT2D eigenvalue weighted by molar-refractivity contribution is 0.0466. The Labute approximate surface area is 115 Å². The molecule has 0 amide bonds. The molecule has 0 radical (unpaired) electrons. The summed E-state index contributed by atoms with van der Waals surface area (Å²) in [7, 11) is 0. The van der Waals surface area contributed by atoms with E-state index >= 15 is 0 Å². The Kier molecular flexibility index (Phi) is 3.98. The maximum atomic E-state index is 13.5. The van der Waals surface area contributed by atoms with Crippen molar-refractivity contribution in [2.75, 3.05) is 5.73 Å². The number of rotatable bonds is 3. The van der Waals surface area contributed by atoms with Gasteiger partial charge in [-0.2, -0.15) is 0 Å². The third-order valence-electron chi connectivity index (χ3n) is 2.93. The number of benzene rings is 2. The highest BCUT2D eigenvalue weighted by Gasteiger charge is 2.16. The molecule has 2 N–H and O–H groups in total. The van der Waals surface area contributed by atoms with Crippen LogP contribution in [0.1, 0.15) is 21.5 Å². The quantitative estimate of drug-likeness (QED) is 0.692. The third kappa shape index (κ3) is 2.93. The minimum Gasteiger partial charge on any atom is -0.457 e. The number of hydrogen-bond donors (Lipinski definition) is 1. The van der Waals surface area contributed by atoms with Gasteiger partial charge in [-0.15, -0.1) is 0 Å². The molecular formula is C15H13F2NO2. The molecule has 3 nitrogen and oxygen atoms in total. The van der Waals surface area contributed by atoms with Crippen LogP contribution in [0.3, 0.4) is 0 Å². The van der Waals surface area contributed by atoms with Gasteiger partial charge in [-0.3, -0.25) is 0 Å². The Bertz CT molecular complexity index is 656. The molecule has 0 aliphatic rings. The number of halogens is 2. The van der Waals surface area contributed by atoms with Crippen molar-refractivity contribution in [3.63, 3.8) is 0 Å². The number of esters is 1. The molecule has 0 bridgehead atoms. The fraction of sp³-hybridized carbons (Fsp3) is 0.133. The largest absolute Gasteiger partial charge is 0.457 e. The van der Waals surface area contributed by atoms with Gasteiger partial charge in [-0.25, -0.2) is 13.6 Å². The van der Waals surface area contributed by atoms with Crippen LogP contribution in [0.2, 0.25) is 0 Å². The van der Waals surface area contributed by atoms with Gasteiger partial charge < -0.3 is 10.5 Å². The van der Waals surface area contributed by atoms with E-state index in [-0.39, 0.29) is 12.3 Å². The number of nitrogens with two attached hydrogens (primary N) is 1. The van der Waals surface area contributed by atoms with Crippen molar-refractivity contribution in [1.29, 1.82) is 0 Å². The van der Waals surface area contributed by atoms with Crippen molar-refractivity contribution >= 4 is 11.7 Å². The molecule has 2 aromatic rings. The summed E-state index contributed by atoms with van der Waals surface area (Å²) in [5.41, 5.74) is 6.14. The summed E-state index contributed by atoms with van der Waals surface area (Å²) in [4.78, 5) is 11.7. The SMILES string of the molecule is Cc1ccccc1COC(=O)c1cc(F)c(N)cc1F. The first kappa shape index (κ1) is 14.0. The highest BCUT2D eigenvalue weighted by molar-refractivity contribution is 5.90. The predicted octanol–water partition coefficient (Wildman–Crippen LogP) is 3.21. The average molecular weight is 277 g/mol. The summed E-state index contributed by atoms with van der Waals surface area (Å²) in [5, 5.41) is 0. The first-order chi connectivity index (χ1) is 9.49. The van der Waals surface area contributed by atoms with Crippen molar-refractivity contribution in [2.24, 2.45) is 0 Å². The van der Waals surface area contributed by atoms with E-state index in [9.17, 15) is 13.6 Å². The molecule has 20 heavy (non-hydrogen) atoms. The number of carbonyl (C=O) groups is 1. The molecule has 0 saturated carbocycles. The Hall–Kier alpha value is -2.43. The molecular weight excluding hydrogens is 264 g/mol. The number of carbonyl (C=O) groups excluding carboxylic acids is 1. The van der Waals surface area contributed by atoms with Crippen LogP contribution >= 0.6 is 0 Å². The van der Waals surface area contributed by atoms with E-state index in [0.717, 1.165) is 23.3 Å². The molecule has 0 aromatic heterocycles. The molecule has 0 heterocycles. The first-order valence-electron chi connectivity index (χ1n) is 5.95. The zero-order valence-corrected chi connectivity index (χ0v) is 10.8. The van der Waals surface area contributed by atoms with E-state index in [4.69, 9.17) is 10.5 Å². The summed E-state index contributed by atoms with van der Waals surface area (Å²) < 4.78 is 31.8. The van der Waals surface area contributed by atoms with Crippen LogP contribution in [-0.2, 0) is 11.3 Å². The van der Waals surface area contributed by atoms with Crippen LogP contribution < -0.4 is 5.73 Å². The van der Waals surface area contributed by atoms with Crippen molar-refractivity contribution in [1.82, 2.24) is 0 Å². The molecule has 0 aliphatic heterocycles. The molecule has 0 spiro atoms. The topological polar surface area (TPSA) is 52.3 Å². The van der Waals surface area contributed by atoms with Crippen molar-refractivity contribution in [2.45, 2.75) is 13.5 Å². The van der Waals surface area contributed by atoms with E-state index in [1.165, 1.54) is 0 Å². The molecule has 0 saturated heterocycles. The average Bonchev–Trinajstić information content (AvgIpc) is 2.41. The fourth-order valence-electron chi connectivity index (χ4n) is 1.71. The second-order valence-electron chi connectivity index (χ2n) is 4.36. The van der Waals surface area contributed by atoms with Crippen LogP contribution in [0, 0.1) is 18.6 Å². The molecule has 0 atom stereocenters. The van der Waals surface area contributed by atoms with Crippen LogP contribution in [0.5, 0.6) is 0 Å². The smallest absolute Gasteiger partial charge is 0.341 e. The number of anilines is 1. The normalized spacial score (nSPS) is 10.3. The van der Waals surface area contributed by atoms with Gasteiger partial charge in [0.1, 0.15) is 18.2 Å². The second-order valence-corrected chi connectivity index (χ2v) is 4.36. The monoisotopic (exact) mass is 277 g/mol. The summed E-state index contributed by atoms with van der Waals surface area (Å²) in [6.45, 7) is 1.86. The third-order valence-corrected chi connectivity index (χ3v) is 2.93. The Morgan fingerprint density at radius 3 is 2.60 bits per heavy atom. The van der Waals surface area contributed by atoms with Crippen LogP contribution in [0.25, 0.3) is 0 Å². The van der Waals surface area contributed by atoms with Crippen LogP contribution in [-0.4, -0.2) is 5.97 Å². The lowest BCUT2D eigenvalue weighted by atomic mass is 10.1. The van der Waals surface area contributed by atoms with Gasteiger partial charge in [0.25, 0.3) is 0 Å². The summed E-state index contributed by atoms with van der Waals surface area (Å²) in [6.07, 6.45) is 0. The van der Waals surface area contributed by atoms with E-state index in [2.05, 4.69) is 0 Å². The van der Waals surface area contributed by atoms with E-state index in [1.54, 1.807) is 12.1 Å². The summed E-state index contributed by atoms with van der Waals surface area (Å²) >= 11 is 0. The maximum absolute atomic E-state index is 13.5. The highest BCUT2D eigenvalue weighted by atomic mass is 19.1. The zero-order chi connectivity index (χ0) is 14.7. The van der Waals surface area contributed by atoms with Crippen molar-refractivity contribution < 1.29 is 18.3 Å². The minimum absolute atomic E-state index is 0.00303. The van der Waals surface area contributed by atoms with Gasteiger partial charge in [-0.05, 0) is 24.1 Å². The number of nitrogen functional groups attached to an aromatic ring is 1. The molecule has 0 fully saturated rings. The molecule has 2 aromatic carbocycles. The number of aryl methyl sites for hydroxylation is 1. The number of ether oxygens (including phenoxy) is 1. The van der Waals surface area contributed by atoms with Gasteiger partial charge in [0.2, 0.25) is 0 Å². The molecule has 2 rings (SSSR count). The number of hydrogen-bond acceptors (Lipinski definition) is 3. The Balaban J connectivity index is 2.13. The molecule has 104 valence electrons. The van der Waals surface area contributed by atoms with Gasteiger partial charge in [0.05, 0.1) is 11.3 Å². The van der Waals surface area contributed by atoms with Gasteiger partial charge in [0, 0.05) is 6.07 Å². The fourth-order valence-corrected chi connectivity index (χ4v) is 1.71. The van der Waals surface area contributed by atoms with Gasteiger partial charge in [-0.1, -0.05) is 24.3 Å². The maximum Gasteiger partial charge on any atom is 0.341 e. The van der Waals surface area contributed by atoms with Crippen LogP contribution in [0.4, 0.5) is 14.5 Å². The Morgan fingerprint density at radius 2 is 1.90 bits per heavy atom. The lowest BCUT2D eigenvalue weighted by Crippen LogP contribution is -2.09. The van der Waals surface area contributed by atoms with Crippen molar-refractivity contribution in [3.8, 4) is 0 Å². The molecule has 5 heteroatoms. The lowest BCUT2D eigenvalue weighted by Gasteiger charge is -2.08. The first-order valence-corrected chi connectivity index (χ1v) is 5.95.